The van der Waals surface area contributed by atoms with Crippen LogP contribution >= 0.6 is 0 Å². The van der Waals surface area contributed by atoms with Crippen molar-refractivity contribution < 1.29 is 0 Å². The molecule has 0 radical (unpaired) electrons. The Bertz CT molecular complexity index is 446. The zero-order chi connectivity index (χ0) is 12.8. The van der Waals surface area contributed by atoms with Gasteiger partial charge < -0.3 is 11.1 Å². The number of nitrogens with one attached hydrogen (secondary N) is 1. The lowest BCUT2D eigenvalue weighted by atomic mass is 9.92. The predicted molar refractivity (Wildman–Crippen MR) is 76.4 cm³/mol. The molecule has 1 saturated carbocycles. The lowest BCUT2D eigenvalue weighted by Crippen LogP contribution is -2.30. The van der Waals surface area contributed by atoms with E-state index in [1.165, 1.54) is 43.4 Å². The second-order valence-electron chi connectivity index (χ2n) is 6.45. The molecular weight excluding hydrogens is 220 g/mol. The Kier molecular flexibility index (Phi) is 2.86. The van der Waals surface area contributed by atoms with Crippen LogP contribution in [0.3, 0.4) is 0 Å². The minimum atomic E-state index is 0.553. The van der Waals surface area contributed by atoms with E-state index in [2.05, 4.69) is 31.3 Å². The maximum absolute atomic E-state index is 5.85. The van der Waals surface area contributed by atoms with Crippen molar-refractivity contribution in [2.24, 2.45) is 11.3 Å². The van der Waals surface area contributed by atoms with E-state index in [0.29, 0.717) is 11.5 Å². The number of anilines is 1. The summed E-state index contributed by atoms with van der Waals surface area (Å²) in [5, 5.41) is 3.80. The zero-order valence-corrected chi connectivity index (χ0v) is 11.5. The molecule has 0 spiro atoms. The Labute approximate surface area is 110 Å². The third-order valence-corrected chi connectivity index (χ3v) is 5.06. The maximum atomic E-state index is 5.85. The Morgan fingerprint density at radius 1 is 1.39 bits per heavy atom. The summed E-state index contributed by atoms with van der Waals surface area (Å²) in [5.41, 5.74) is 10.3. The Morgan fingerprint density at radius 2 is 2.17 bits per heavy atom. The summed E-state index contributed by atoms with van der Waals surface area (Å²) in [4.78, 5) is 0. The third-order valence-electron chi connectivity index (χ3n) is 5.06. The first-order valence-corrected chi connectivity index (χ1v) is 7.22. The van der Waals surface area contributed by atoms with E-state index in [4.69, 9.17) is 5.73 Å². The van der Waals surface area contributed by atoms with Crippen LogP contribution in [-0.4, -0.2) is 6.54 Å². The summed E-state index contributed by atoms with van der Waals surface area (Å²) < 4.78 is 0. The minimum Gasteiger partial charge on any atom is -0.399 e. The van der Waals surface area contributed by atoms with Crippen molar-refractivity contribution in [3.05, 3.63) is 29.3 Å². The van der Waals surface area contributed by atoms with E-state index >= 15 is 0 Å². The molecule has 0 aliphatic heterocycles. The molecule has 2 heteroatoms. The van der Waals surface area contributed by atoms with Gasteiger partial charge in [0, 0.05) is 18.3 Å². The second kappa shape index (κ2) is 4.27. The summed E-state index contributed by atoms with van der Waals surface area (Å²) in [6, 6.07) is 6.95. The van der Waals surface area contributed by atoms with E-state index in [0.717, 1.165) is 11.6 Å². The van der Waals surface area contributed by atoms with Crippen molar-refractivity contribution in [2.45, 2.75) is 45.6 Å². The summed E-state index contributed by atoms with van der Waals surface area (Å²) >= 11 is 0. The fourth-order valence-corrected chi connectivity index (χ4v) is 3.29. The van der Waals surface area contributed by atoms with Crippen molar-refractivity contribution in [2.75, 3.05) is 12.3 Å². The van der Waals surface area contributed by atoms with Crippen LogP contribution < -0.4 is 11.1 Å². The standard InChI is InChI=1S/C16H24N2/c1-11(2)16(7-8-16)10-18-15-6-3-12-9-13(17)4-5-14(12)15/h4-5,9,11,15,18H,3,6-8,10,17H2,1-2H3. The number of nitrogens with two attached hydrogens (primary N) is 1. The van der Waals surface area contributed by atoms with Gasteiger partial charge in [-0.25, -0.2) is 0 Å². The van der Waals surface area contributed by atoms with Gasteiger partial charge in [-0.1, -0.05) is 19.9 Å². The van der Waals surface area contributed by atoms with E-state index in [-0.39, 0.29) is 0 Å². The molecule has 3 N–H and O–H groups in total. The van der Waals surface area contributed by atoms with Crippen LogP contribution in [-0.2, 0) is 6.42 Å². The first-order valence-electron chi connectivity index (χ1n) is 7.22. The molecule has 0 saturated heterocycles. The molecule has 2 aliphatic carbocycles. The van der Waals surface area contributed by atoms with Crippen molar-refractivity contribution in [3.8, 4) is 0 Å². The number of nitrogen functional groups attached to an aromatic ring is 1. The molecule has 3 rings (SSSR count). The van der Waals surface area contributed by atoms with E-state index in [1.54, 1.807) is 0 Å². The van der Waals surface area contributed by atoms with Gasteiger partial charge in [0.1, 0.15) is 0 Å². The fourth-order valence-electron chi connectivity index (χ4n) is 3.29. The molecule has 1 atom stereocenters. The highest BCUT2D eigenvalue weighted by Crippen LogP contribution is 2.51. The molecular formula is C16H24N2. The largest absolute Gasteiger partial charge is 0.399 e. The van der Waals surface area contributed by atoms with Gasteiger partial charge in [-0.2, -0.15) is 0 Å². The van der Waals surface area contributed by atoms with Crippen molar-refractivity contribution in [1.82, 2.24) is 5.32 Å². The molecule has 0 heterocycles. The van der Waals surface area contributed by atoms with Gasteiger partial charge in [0.25, 0.3) is 0 Å². The highest BCUT2D eigenvalue weighted by atomic mass is 14.9. The Balaban J connectivity index is 1.67. The predicted octanol–water partition coefficient (Wildman–Crippen LogP) is 3.28. The molecule has 0 aromatic heterocycles. The summed E-state index contributed by atoms with van der Waals surface area (Å²) in [7, 11) is 0. The van der Waals surface area contributed by atoms with Crippen LogP contribution in [0.4, 0.5) is 5.69 Å². The van der Waals surface area contributed by atoms with Gasteiger partial charge in [-0.15, -0.1) is 0 Å². The zero-order valence-electron chi connectivity index (χ0n) is 11.5. The highest BCUT2D eigenvalue weighted by molar-refractivity contribution is 5.47. The Morgan fingerprint density at radius 3 is 2.83 bits per heavy atom. The molecule has 1 aromatic carbocycles. The van der Waals surface area contributed by atoms with Crippen LogP contribution in [0.1, 0.15) is 50.3 Å². The van der Waals surface area contributed by atoms with Gasteiger partial charge in [-0.05, 0) is 60.3 Å². The number of fused-ring (bicyclic) bond motifs is 1. The van der Waals surface area contributed by atoms with E-state index in [9.17, 15) is 0 Å². The number of benzene rings is 1. The van der Waals surface area contributed by atoms with Gasteiger partial charge in [-0.3, -0.25) is 0 Å². The normalized spacial score (nSPS) is 24.3. The topological polar surface area (TPSA) is 38.0 Å². The average molecular weight is 244 g/mol. The Hall–Kier alpha value is -1.02. The smallest absolute Gasteiger partial charge is 0.0326 e. The van der Waals surface area contributed by atoms with Gasteiger partial charge in [0.15, 0.2) is 0 Å². The molecule has 1 aromatic rings. The number of rotatable bonds is 4. The van der Waals surface area contributed by atoms with Gasteiger partial charge >= 0.3 is 0 Å². The van der Waals surface area contributed by atoms with Crippen molar-refractivity contribution >= 4 is 5.69 Å². The number of hydrogen-bond donors (Lipinski definition) is 2. The average Bonchev–Trinajstić information content (AvgIpc) is 3.03. The van der Waals surface area contributed by atoms with Crippen LogP contribution in [0.2, 0.25) is 0 Å². The molecule has 2 aliphatic rings. The molecule has 98 valence electrons. The van der Waals surface area contributed by atoms with Crippen LogP contribution in [0.25, 0.3) is 0 Å². The molecule has 0 bridgehead atoms. The molecule has 2 nitrogen and oxygen atoms in total. The first-order chi connectivity index (χ1) is 8.61. The highest BCUT2D eigenvalue weighted by Gasteiger charge is 2.45. The van der Waals surface area contributed by atoms with Crippen LogP contribution in [0.15, 0.2) is 18.2 Å². The van der Waals surface area contributed by atoms with Crippen molar-refractivity contribution in [3.63, 3.8) is 0 Å². The van der Waals surface area contributed by atoms with E-state index in [1.807, 2.05) is 6.07 Å². The van der Waals surface area contributed by atoms with Gasteiger partial charge in [0.2, 0.25) is 0 Å². The third kappa shape index (κ3) is 2.03. The van der Waals surface area contributed by atoms with Crippen LogP contribution in [0, 0.1) is 11.3 Å². The number of aryl methyl sites for hydroxylation is 1. The second-order valence-corrected chi connectivity index (χ2v) is 6.45. The maximum Gasteiger partial charge on any atom is 0.0326 e. The minimum absolute atomic E-state index is 0.553. The van der Waals surface area contributed by atoms with Gasteiger partial charge in [0.05, 0.1) is 0 Å². The lowest BCUT2D eigenvalue weighted by Gasteiger charge is -2.23. The molecule has 1 unspecified atom stereocenters. The van der Waals surface area contributed by atoms with E-state index < -0.39 is 0 Å². The SMILES string of the molecule is CC(C)C1(CNC2CCc3cc(N)ccc32)CC1. The fraction of sp³-hybridized carbons (Fsp3) is 0.625. The lowest BCUT2D eigenvalue weighted by molar-refractivity contribution is 0.320. The molecule has 18 heavy (non-hydrogen) atoms. The van der Waals surface area contributed by atoms with Crippen molar-refractivity contribution in [1.29, 1.82) is 0 Å². The quantitative estimate of drug-likeness (QED) is 0.798. The molecule has 0 amide bonds. The molecule has 1 fully saturated rings. The summed E-state index contributed by atoms with van der Waals surface area (Å²) in [6.07, 6.45) is 5.21. The summed E-state index contributed by atoms with van der Waals surface area (Å²) in [5.74, 6) is 0.803. The monoisotopic (exact) mass is 244 g/mol. The number of hydrogen-bond acceptors (Lipinski definition) is 2. The van der Waals surface area contributed by atoms with Crippen LogP contribution in [0.5, 0.6) is 0 Å². The first kappa shape index (κ1) is 12.0. The summed E-state index contributed by atoms with van der Waals surface area (Å²) in [6.45, 7) is 5.90.